The average molecular weight is 381 g/mol. The third-order valence-electron chi connectivity index (χ3n) is 5.59. The van der Waals surface area contributed by atoms with Crippen LogP contribution in [0, 0.1) is 6.92 Å². The number of carbonyl (C=O) groups excluding carboxylic acids is 1. The Balaban J connectivity index is 1.46. The molecular formula is C19H23N7O2. The Hall–Kier alpha value is -2.81. The summed E-state index contributed by atoms with van der Waals surface area (Å²) in [5, 5.41) is 15.4. The van der Waals surface area contributed by atoms with Gasteiger partial charge in [0.1, 0.15) is 0 Å². The van der Waals surface area contributed by atoms with Gasteiger partial charge >= 0.3 is 0 Å². The predicted molar refractivity (Wildman–Crippen MR) is 102 cm³/mol. The van der Waals surface area contributed by atoms with Crippen LogP contribution in [0.4, 0.5) is 5.95 Å². The molecule has 146 valence electrons. The van der Waals surface area contributed by atoms with Crippen LogP contribution in [0.5, 0.6) is 0 Å². The predicted octanol–water partition coefficient (Wildman–Crippen LogP) is 2.26. The average Bonchev–Trinajstić information content (AvgIpc) is 3.41. The zero-order chi connectivity index (χ0) is 19.3. The molecule has 3 aromatic rings. The largest absolute Gasteiger partial charge is 0.336 e. The fourth-order valence-corrected chi connectivity index (χ4v) is 3.82. The van der Waals surface area contributed by atoms with Crippen LogP contribution in [0.3, 0.4) is 0 Å². The van der Waals surface area contributed by atoms with Crippen LogP contribution in [0.1, 0.15) is 65.1 Å². The molecule has 9 nitrogen and oxygen atoms in total. The highest BCUT2D eigenvalue weighted by Gasteiger charge is 2.29. The maximum atomic E-state index is 13.1. The summed E-state index contributed by atoms with van der Waals surface area (Å²) in [7, 11) is 1.80. The van der Waals surface area contributed by atoms with Crippen molar-refractivity contribution < 1.29 is 9.32 Å². The first-order valence-corrected chi connectivity index (χ1v) is 9.80. The van der Waals surface area contributed by atoms with Gasteiger partial charge < -0.3 is 9.84 Å². The highest BCUT2D eigenvalue weighted by Crippen LogP contribution is 2.40. The van der Waals surface area contributed by atoms with E-state index in [1.807, 2.05) is 13.0 Å². The van der Waals surface area contributed by atoms with Crippen LogP contribution in [0.25, 0.3) is 11.1 Å². The summed E-state index contributed by atoms with van der Waals surface area (Å²) < 4.78 is 6.97. The Morgan fingerprint density at radius 1 is 1.21 bits per heavy atom. The lowest BCUT2D eigenvalue weighted by atomic mass is 9.98. The van der Waals surface area contributed by atoms with E-state index in [1.54, 1.807) is 11.7 Å². The smallest absolute Gasteiger partial charge is 0.259 e. The summed E-state index contributed by atoms with van der Waals surface area (Å²) in [6.07, 6.45) is 4.20. The van der Waals surface area contributed by atoms with Gasteiger partial charge in [0.2, 0.25) is 5.95 Å². The van der Waals surface area contributed by atoms with Crippen LogP contribution in [0.2, 0.25) is 0 Å². The van der Waals surface area contributed by atoms with Gasteiger partial charge in [-0.25, -0.2) is 9.67 Å². The molecule has 1 aliphatic carbocycles. The minimum atomic E-state index is -0.243. The first kappa shape index (κ1) is 17.3. The molecule has 2 fully saturated rings. The second kappa shape index (κ2) is 6.66. The molecule has 28 heavy (non-hydrogen) atoms. The standard InChI is InChI=1S/C19H23N7O2/c1-10-15-13(9-14(11-3-4-11)21-18(15)28-25-10)17(27)23-19-22-16(24-26(19)2)12-5-7-20-8-6-12/h9,11-12,20H,3-8H2,1-2H3,(H,22,23,24,27). The number of amides is 1. The molecule has 0 spiro atoms. The van der Waals surface area contributed by atoms with Gasteiger partial charge in [-0.15, -0.1) is 0 Å². The molecule has 1 aliphatic heterocycles. The summed E-state index contributed by atoms with van der Waals surface area (Å²) in [6, 6.07) is 1.86. The summed E-state index contributed by atoms with van der Waals surface area (Å²) in [4.78, 5) is 22.3. The molecule has 0 unspecified atom stereocenters. The zero-order valence-corrected chi connectivity index (χ0v) is 16.0. The number of hydrogen-bond donors (Lipinski definition) is 2. The Morgan fingerprint density at radius 2 is 2.00 bits per heavy atom. The number of aryl methyl sites for hydroxylation is 2. The van der Waals surface area contributed by atoms with Gasteiger partial charge in [0.25, 0.3) is 11.6 Å². The lowest BCUT2D eigenvalue weighted by Gasteiger charge is -2.19. The number of nitrogens with one attached hydrogen (secondary N) is 2. The third kappa shape index (κ3) is 3.05. The van der Waals surface area contributed by atoms with Crippen LogP contribution >= 0.6 is 0 Å². The van der Waals surface area contributed by atoms with Crippen molar-refractivity contribution in [3.05, 3.63) is 28.8 Å². The van der Waals surface area contributed by atoms with E-state index in [-0.39, 0.29) is 5.91 Å². The lowest BCUT2D eigenvalue weighted by Crippen LogP contribution is -2.27. The molecular weight excluding hydrogens is 358 g/mol. The van der Waals surface area contributed by atoms with Crippen molar-refractivity contribution in [3.63, 3.8) is 0 Å². The fourth-order valence-electron chi connectivity index (χ4n) is 3.82. The van der Waals surface area contributed by atoms with Crippen LogP contribution in [-0.4, -0.2) is 43.9 Å². The van der Waals surface area contributed by atoms with E-state index >= 15 is 0 Å². The number of anilines is 1. The van der Waals surface area contributed by atoms with Crippen molar-refractivity contribution >= 4 is 23.0 Å². The number of fused-ring (bicyclic) bond motifs is 1. The van der Waals surface area contributed by atoms with E-state index in [9.17, 15) is 4.79 Å². The van der Waals surface area contributed by atoms with Crippen molar-refractivity contribution in [2.24, 2.45) is 7.05 Å². The number of aromatic nitrogens is 5. The number of rotatable bonds is 4. The summed E-state index contributed by atoms with van der Waals surface area (Å²) in [6.45, 7) is 3.76. The maximum absolute atomic E-state index is 13.1. The van der Waals surface area contributed by atoms with Gasteiger partial charge in [0, 0.05) is 24.6 Å². The molecule has 9 heteroatoms. The molecule has 4 heterocycles. The molecule has 5 rings (SSSR count). The minimum absolute atomic E-state index is 0.243. The molecule has 1 saturated carbocycles. The Bertz CT molecular complexity index is 1040. The van der Waals surface area contributed by atoms with Crippen molar-refractivity contribution in [2.75, 3.05) is 18.4 Å². The zero-order valence-electron chi connectivity index (χ0n) is 16.0. The lowest BCUT2D eigenvalue weighted by molar-refractivity contribution is 0.102. The molecule has 0 aromatic carbocycles. The monoisotopic (exact) mass is 381 g/mol. The third-order valence-corrected chi connectivity index (χ3v) is 5.59. The highest BCUT2D eigenvalue weighted by atomic mass is 16.5. The number of hydrogen-bond acceptors (Lipinski definition) is 7. The molecule has 0 atom stereocenters. The molecule has 2 N–H and O–H groups in total. The quantitative estimate of drug-likeness (QED) is 0.713. The number of nitrogens with zero attached hydrogens (tertiary/aromatic N) is 5. The molecule has 1 amide bonds. The maximum Gasteiger partial charge on any atom is 0.259 e. The number of piperidine rings is 1. The number of pyridine rings is 1. The van der Waals surface area contributed by atoms with Crippen molar-refractivity contribution in [2.45, 2.75) is 44.4 Å². The minimum Gasteiger partial charge on any atom is -0.336 e. The second-order valence-corrected chi connectivity index (χ2v) is 7.71. The Kier molecular flexibility index (Phi) is 4.12. The van der Waals surface area contributed by atoms with E-state index in [2.05, 4.69) is 30.9 Å². The van der Waals surface area contributed by atoms with E-state index in [0.29, 0.717) is 40.1 Å². The molecule has 0 bridgehead atoms. The Morgan fingerprint density at radius 3 is 2.75 bits per heavy atom. The van der Waals surface area contributed by atoms with Crippen molar-refractivity contribution in [3.8, 4) is 0 Å². The van der Waals surface area contributed by atoms with Crippen LogP contribution in [-0.2, 0) is 7.05 Å². The van der Waals surface area contributed by atoms with E-state index in [0.717, 1.165) is 50.3 Å². The molecule has 2 aliphatic rings. The van der Waals surface area contributed by atoms with E-state index in [4.69, 9.17) is 4.52 Å². The van der Waals surface area contributed by atoms with E-state index < -0.39 is 0 Å². The van der Waals surface area contributed by atoms with Crippen LogP contribution < -0.4 is 10.6 Å². The van der Waals surface area contributed by atoms with E-state index in [1.165, 1.54) is 0 Å². The second-order valence-electron chi connectivity index (χ2n) is 7.71. The Labute approximate surface area is 161 Å². The normalized spacial score (nSPS) is 17.9. The van der Waals surface area contributed by atoms with Crippen LogP contribution in [0.15, 0.2) is 10.6 Å². The topological polar surface area (TPSA) is 111 Å². The fraction of sp³-hybridized carbons (Fsp3) is 0.526. The summed E-state index contributed by atoms with van der Waals surface area (Å²) in [5.41, 5.74) is 2.49. The highest BCUT2D eigenvalue weighted by molar-refractivity contribution is 6.11. The van der Waals surface area contributed by atoms with Gasteiger partial charge in [-0.2, -0.15) is 10.1 Å². The van der Waals surface area contributed by atoms with Gasteiger partial charge in [-0.05, 0) is 51.8 Å². The SMILES string of the molecule is Cc1noc2nc(C3CC3)cc(C(=O)Nc3nc(C4CCNCC4)nn3C)c12. The summed E-state index contributed by atoms with van der Waals surface area (Å²) >= 11 is 0. The van der Waals surface area contributed by atoms with Gasteiger partial charge in [0.15, 0.2) is 5.82 Å². The first-order chi connectivity index (χ1) is 13.6. The molecule has 3 aromatic heterocycles. The molecule has 0 radical (unpaired) electrons. The van der Waals surface area contributed by atoms with Crippen molar-refractivity contribution in [1.82, 2.24) is 30.2 Å². The summed E-state index contributed by atoms with van der Waals surface area (Å²) in [5.74, 6) is 1.73. The van der Waals surface area contributed by atoms with Crippen molar-refractivity contribution in [1.29, 1.82) is 0 Å². The number of carbonyl (C=O) groups is 1. The molecule has 1 saturated heterocycles. The van der Waals surface area contributed by atoms with Gasteiger partial charge in [0.05, 0.1) is 16.6 Å². The first-order valence-electron chi connectivity index (χ1n) is 9.80. The van der Waals surface area contributed by atoms with Gasteiger partial charge in [-0.3, -0.25) is 10.1 Å². The van der Waals surface area contributed by atoms with Gasteiger partial charge in [-0.1, -0.05) is 5.16 Å².